The normalized spacial score (nSPS) is 16.3. The van der Waals surface area contributed by atoms with Crippen LogP contribution in [0, 0.1) is 6.92 Å². The van der Waals surface area contributed by atoms with E-state index in [2.05, 4.69) is 51.7 Å². The molecule has 0 amide bonds. The molecule has 0 spiro atoms. The van der Waals surface area contributed by atoms with Gasteiger partial charge < -0.3 is 25.4 Å². The zero-order valence-corrected chi connectivity index (χ0v) is 19.6. The Balaban J connectivity index is 0.00000300. The third-order valence-electron chi connectivity index (χ3n) is 4.97. The van der Waals surface area contributed by atoms with Gasteiger partial charge in [0.1, 0.15) is 11.5 Å². The molecule has 3 rings (SSSR count). The second kappa shape index (κ2) is 11.1. The van der Waals surface area contributed by atoms with E-state index < -0.39 is 0 Å². The van der Waals surface area contributed by atoms with Crippen molar-refractivity contribution in [2.75, 3.05) is 31.6 Å². The second-order valence-corrected chi connectivity index (χ2v) is 7.10. The lowest BCUT2D eigenvalue weighted by molar-refractivity contribution is 0.411. The van der Waals surface area contributed by atoms with Gasteiger partial charge >= 0.3 is 0 Å². The Labute approximate surface area is 190 Å². The molecule has 2 aromatic carbocycles. The van der Waals surface area contributed by atoms with Crippen LogP contribution in [0.5, 0.6) is 11.5 Å². The predicted molar refractivity (Wildman–Crippen MR) is 130 cm³/mol. The molecule has 7 heteroatoms. The van der Waals surface area contributed by atoms with Gasteiger partial charge in [-0.15, -0.1) is 24.0 Å². The highest BCUT2D eigenvalue weighted by molar-refractivity contribution is 14.0. The highest BCUT2D eigenvalue weighted by Crippen LogP contribution is 2.24. The first-order valence-corrected chi connectivity index (χ1v) is 9.81. The summed E-state index contributed by atoms with van der Waals surface area (Å²) in [5.41, 5.74) is 3.28. The number of benzene rings is 2. The van der Waals surface area contributed by atoms with Gasteiger partial charge in [-0.1, -0.05) is 17.7 Å². The number of phenols is 1. The van der Waals surface area contributed by atoms with E-state index in [1.165, 1.54) is 11.3 Å². The number of anilines is 1. The van der Waals surface area contributed by atoms with Crippen LogP contribution in [-0.2, 0) is 6.54 Å². The van der Waals surface area contributed by atoms with E-state index in [1.807, 2.05) is 13.0 Å². The molecule has 158 valence electrons. The van der Waals surface area contributed by atoms with Crippen LogP contribution in [0.25, 0.3) is 0 Å². The maximum absolute atomic E-state index is 10.1. The first kappa shape index (κ1) is 23.1. The molecule has 1 heterocycles. The second-order valence-electron chi connectivity index (χ2n) is 7.10. The highest BCUT2D eigenvalue weighted by atomic mass is 127. The molecule has 0 aromatic heterocycles. The summed E-state index contributed by atoms with van der Waals surface area (Å²) in [6, 6.07) is 14.2. The van der Waals surface area contributed by atoms with Crippen molar-refractivity contribution in [3.05, 3.63) is 53.6 Å². The molecule has 3 N–H and O–H groups in total. The van der Waals surface area contributed by atoms with Crippen molar-refractivity contribution < 1.29 is 9.84 Å². The van der Waals surface area contributed by atoms with Crippen LogP contribution in [0.15, 0.2) is 47.5 Å². The Hall–Kier alpha value is -2.16. The van der Waals surface area contributed by atoms with Gasteiger partial charge in [0, 0.05) is 36.9 Å². The van der Waals surface area contributed by atoms with Gasteiger partial charge in [0.2, 0.25) is 0 Å². The average molecular weight is 510 g/mol. The Morgan fingerprint density at radius 1 is 1.24 bits per heavy atom. The van der Waals surface area contributed by atoms with E-state index in [0.29, 0.717) is 18.3 Å². The van der Waals surface area contributed by atoms with E-state index in [0.717, 1.165) is 37.6 Å². The maximum atomic E-state index is 10.1. The van der Waals surface area contributed by atoms with Crippen molar-refractivity contribution in [2.24, 2.45) is 4.99 Å². The maximum Gasteiger partial charge on any atom is 0.191 e. The number of guanidine groups is 1. The summed E-state index contributed by atoms with van der Waals surface area (Å²) < 4.78 is 5.24. The SMILES string of the molecule is CCNC(=NCc1cc(OC)ccc1O)NC1CCN(c2ccc(C)cc2)C1.I. The fourth-order valence-corrected chi connectivity index (χ4v) is 3.36. The van der Waals surface area contributed by atoms with Crippen molar-refractivity contribution in [2.45, 2.75) is 32.9 Å². The summed E-state index contributed by atoms with van der Waals surface area (Å²) in [6.45, 7) is 7.29. The first-order chi connectivity index (χ1) is 13.6. The smallest absolute Gasteiger partial charge is 0.191 e. The Morgan fingerprint density at radius 2 is 2.00 bits per heavy atom. The molecule has 2 aromatic rings. The number of hydrogen-bond acceptors (Lipinski definition) is 4. The first-order valence-electron chi connectivity index (χ1n) is 9.81. The topological polar surface area (TPSA) is 69.1 Å². The molecule has 1 aliphatic heterocycles. The molecule has 0 aliphatic carbocycles. The fraction of sp³-hybridized carbons (Fsp3) is 0.409. The number of rotatable bonds is 6. The zero-order chi connectivity index (χ0) is 19.9. The van der Waals surface area contributed by atoms with Gasteiger partial charge in [0.05, 0.1) is 13.7 Å². The summed E-state index contributed by atoms with van der Waals surface area (Å²) in [5, 5.41) is 16.9. The molecule has 1 aliphatic rings. The van der Waals surface area contributed by atoms with Gasteiger partial charge in [-0.2, -0.15) is 0 Å². The van der Waals surface area contributed by atoms with Crippen molar-refractivity contribution in [3.63, 3.8) is 0 Å². The minimum atomic E-state index is 0. The number of aromatic hydroxyl groups is 1. The lowest BCUT2D eigenvalue weighted by Gasteiger charge is -2.20. The molecular weight excluding hydrogens is 479 g/mol. The minimum Gasteiger partial charge on any atom is -0.508 e. The number of hydrogen-bond donors (Lipinski definition) is 3. The van der Waals surface area contributed by atoms with E-state index >= 15 is 0 Å². The summed E-state index contributed by atoms with van der Waals surface area (Å²) >= 11 is 0. The van der Waals surface area contributed by atoms with Crippen LogP contribution in [0.3, 0.4) is 0 Å². The minimum absolute atomic E-state index is 0. The standard InChI is InChI=1S/C22H30N4O2.HI/c1-4-23-22(24-14-17-13-20(28-3)9-10-21(17)27)25-18-11-12-26(15-18)19-7-5-16(2)6-8-19;/h5-10,13,18,27H,4,11-12,14-15H2,1-3H3,(H2,23,24,25);1H. The summed E-state index contributed by atoms with van der Waals surface area (Å²) in [6.07, 6.45) is 1.06. The number of phenolic OH excluding ortho intramolecular Hbond substituents is 1. The van der Waals surface area contributed by atoms with Gasteiger partial charge in [-0.3, -0.25) is 0 Å². The zero-order valence-electron chi connectivity index (χ0n) is 17.3. The quantitative estimate of drug-likeness (QED) is 0.315. The monoisotopic (exact) mass is 510 g/mol. The molecule has 29 heavy (non-hydrogen) atoms. The number of aliphatic imine (C=N–C) groups is 1. The van der Waals surface area contributed by atoms with Crippen molar-refractivity contribution >= 4 is 35.6 Å². The molecule has 0 saturated carbocycles. The highest BCUT2D eigenvalue weighted by Gasteiger charge is 2.23. The summed E-state index contributed by atoms with van der Waals surface area (Å²) in [7, 11) is 1.62. The molecule has 1 unspecified atom stereocenters. The van der Waals surface area contributed by atoms with Gasteiger partial charge in [0.25, 0.3) is 0 Å². The third kappa shape index (κ3) is 6.42. The van der Waals surface area contributed by atoms with Crippen LogP contribution >= 0.6 is 24.0 Å². The molecule has 1 atom stereocenters. The number of nitrogens with zero attached hydrogens (tertiary/aromatic N) is 2. The lowest BCUT2D eigenvalue weighted by atomic mass is 10.2. The average Bonchev–Trinajstić information content (AvgIpc) is 3.16. The molecule has 1 fully saturated rings. The van der Waals surface area contributed by atoms with Crippen LogP contribution in [0.2, 0.25) is 0 Å². The number of methoxy groups -OCH3 is 1. The number of halogens is 1. The third-order valence-corrected chi connectivity index (χ3v) is 4.97. The van der Waals surface area contributed by atoms with Crippen molar-refractivity contribution in [1.29, 1.82) is 0 Å². The predicted octanol–water partition coefficient (Wildman–Crippen LogP) is 3.66. The molecule has 0 bridgehead atoms. The fourth-order valence-electron chi connectivity index (χ4n) is 3.36. The lowest BCUT2D eigenvalue weighted by Crippen LogP contribution is -2.44. The largest absolute Gasteiger partial charge is 0.508 e. The number of ether oxygens (including phenoxy) is 1. The Morgan fingerprint density at radius 3 is 2.69 bits per heavy atom. The van der Waals surface area contributed by atoms with E-state index in [1.54, 1.807) is 19.2 Å². The van der Waals surface area contributed by atoms with E-state index in [4.69, 9.17) is 4.74 Å². The van der Waals surface area contributed by atoms with Crippen LogP contribution in [0.1, 0.15) is 24.5 Å². The molecule has 6 nitrogen and oxygen atoms in total. The van der Waals surface area contributed by atoms with Crippen LogP contribution < -0.4 is 20.3 Å². The van der Waals surface area contributed by atoms with Gasteiger partial charge in [-0.25, -0.2) is 4.99 Å². The summed E-state index contributed by atoms with van der Waals surface area (Å²) in [4.78, 5) is 7.05. The van der Waals surface area contributed by atoms with E-state index in [-0.39, 0.29) is 29.7 Å². The Kier molecular flexibility index (Phi) is 8.88. The molecule has 1 saturated heterocycles. The van der Waals surface area contributed by atoms with Crippen molar-refractivity contribution in [1.82, 2.24) is 10.6 Å². The van der Waals surface area contributed by atoms with Gasteiger partial charge in [0.15, 0.2) is 5.96 Å². The van der Waals surface area contributed by atoms with E-state index in [9.17, 15) is 5.11 Å². The molecular formula is C22H31IN4O2. The van der Waals surface area contributed by atoms with Crippen molar-refractivity contribution in [3.8, 4) is 11.5 Å². The van der Waals surface area contributed by atoms with Gasteiger partial charge in [-0.05, 0) is 50.6 Å². The van der Waals surface area contributed by atoms with Crippen LogP contribution in [0.4, 0.5) is 5.69 Å². The summed E-state index contributed by atoms with van der Waals surface area (Å²) in [5.74, 6) is 1.71. The molecule has 0 radical (unpaired) electrons. The number of aryl methyl sites for hydroxylation is 1. The Bertz CT molecular complexity index is 811. The number of nitrogens with one attached hydrogen (secondary N) is 2. The van der Waals surface area contributed by atoms with Crippen LogP contribution in [-0.4, -0.2) is 43.9 Å².